The molecular formula is C11H16O4. The van der Waals surface area contributed by atoms with Gasteiger partial charge in [0.2, 0.25) is 0 Å². The molecule has 0 N–H and O–H groups in total. The third-order valence-corrected chi connectivity index (χ3v) is 2.52. The smallest absolute Gasteiger partial charge is 0.344 e. The molecule has 0 saturated heterocycles. The molecule has 0 spiro atoms. The lowest BCUT2D eigenvalue weighted by Gasteiger charge is -2.23. The van der Waals surface area contributed by atoms with Gasteiger partial charge < -0.3 is 9.47 Å². The number of hydrogen-bond acceptors (Lipinski definition) is 4. The van der Waals surface area contributed by atoms with Gasteiger partial charge in [-0.2, -0.15) is 0 Å². The van der Waals surface area contributed by atoms with Crippen molar-refractivity contribution >= 4 is 11.9 Å². The summed E-state index contributed by atoms with van der Waals surface area (Å²) in [6.07, 6.45) is 4.94. The molecule has 0 radical (unpaired) electrons. The van der Waals surface area contributed by atoms with Gasteiger partial charge in [-0.15, -0.1) is 0 Å². The number of rotatable bonds is 4. The van der Waals surface area contributed by atoms with Crippen molar-refractivity contribution in [2.75, 3.05) is 6.61 Å². The lowest BCUT2D eigenvalue weighted by molar-refractivity contribution is -0.166. The number of esters is 2. The van der Waals surface area contributed by atoms with Crippen molar-refractivity contribution in [2.24, 2.45) is 0 Å². The second kappa shape index (κ2) is 4.96. The summed E-state index contributed by atoms with van der Waals surface area (Å²) >= 11 is 0. The van der Waals surface area contributed by atoms with Crippen LogP contribution in [0.4, 0.5) is 0 Å². The zero-order chi connectivity index (χ0) is 11.3. The first kappa shape index (κ1) is 11.8. The SMILES string of the molecule is C=CC(=O)OCC(=O)OC1(C)CCCC1. The Labute approximate surface area is 89.2 Å². The van der Waals surface area contributed by atoms with E-state index < -0.39 is 11.9 Å². The fraction of sp³-hybridized carbons (Fsp3) is 0.636. The van der Waals surface area contributed by atoms with Gasteiger partial charge in [0, 0.05) is 6.08 Å². The molecule has 1 aliphatic carbocycles. The molecule has 0 aromatic carbocycles. The summed E-state index contributed by atoms with van der Waals surface area (Å²) in [5.74, 6) is -1.10. The van der Waals surface area contributed by atoms with Crippen molar-refractivity contribution < 1.29 is 19.1 Å². The second-order valence-electron chi connectivity index (χ2n) is 3.94. The van der Waals surface area contributed by atoms with E-state index >= 15 is 0 Å². The molecule has 0 aromatic heterocycles. The second-order valence-corrected chi connectivity index (χ2v) is 3.94. The van der Waals surface area contributed by atoms with Gasteiger partial charge in [-0.1, -0.05) is 6.58 Å². The summed E-state index contributed by atoms with van der Waals surface area (Å²) in [6, 6.07) is 0. The van der Waals surface area contributed by atoms with Gasteiger partial charge in [-0.05, 0) is 32.6 Å². The highest BCUT2D eigenvalue weighted by atomic mass is 16.6. The highest BCUT2D eigenvalue weighted by Gasteiger charge is 2.32. The van der Waals surface area contributed by atoms with E-state index in [4.69, 9.17) is 4.74 Å². The van der Waals surface area contributed by atoms with Crippen LogP contribution in [-0.2, 0) is 19.1 Å². The number of carbonyl (C=O) groups is 2. The minimum Gasteiger partial charge on any atom is -0.457 e. The molecule has 1 fully saturated rings. The van der Waals surface area contributed by atoms with Crippen LogP contribution in [0.25, 0.3) is 0 Å². The van der Waals surface area contributed by atoms with E-state index in [1.54, 1.807) is 0 Å². The van der Waals surface area contributed by atoms with Crippen LogP contribution in [0.1, 0.15) is 32.6 Å². The zero-order valence-electron chi connectivity index (χ0n) is 8.95. The van der Waals surface area contributed by atoms with E-state index in [-0.39, 0.29) is 12.2 Å². The van der Waals surface area contributed by atoms with E-state index in [1.807, 2.05) is 6.92 Å². The van der Waals surface area contributed by atoms with Gasteiger partial charge in [0.15, 0.2) is 6.61 Å². The maximum Gasteiger partial charge on any atom is 0.344 e. The third-order valence-electron chi connectivity index (χ3n) is 2.52. The van der Waals surface area contributed by atoms with Gasteiger partial charge >= 0.3 is 11.9 Å². The minimum absolute atomic E-state index is 0.333. The number of hydrogen-bond donors (Lipinski definition) is 0. The first-order valence-corrected chi connectivity index (χ1v) is 5.07. The van der Waals surface area contributed by atoms with Crippen LogP contribution >= 0.6 is 0 Å². The van der Waals surface area contributed by atoms with Crippen LogP contribution in [0.5, 0.6) is 0 Å². The Morgan fingerprint density at radius 1 is 1.40 bits per heavy atom. The molecule has 0 unspecified atom stereocenters. The van der Waals surface area contributed by atoms with Crippen LogP contribution in [-0.4, -0.2) is 24.1 Å². The lowest BCUT2D eigenvalue weighted by atomic mass is 10.1. The van der Waals surface area contributed by atoms with E-state index in [9.17, 15) is 9.59 Å². The first-order chi connectivity index (χ1) is 7.06. The Kier molecular flexibility index (Phi) is 3.88. The predicted molar refractivity (Wildman–Crippen MR) is 54.1 cm³/mol. The van der Waals surface area contributed by atoms with E-state index in [0.717, 1.165) is 31.8 Å². The fourth-order valence-electron chi connectivity index (χ4n) is 1.72. The molecule has 0 amide bonds. The molecule has 0 aromatic rings. The van der Waals surface area contributed by atoms with Crippen LogP contribution < -0.4 is 0 Å². The van der Waals surface area contributed by atoms with Crippen molar-refractivity contribution in [1.29, 1.82) is 0 Å². The number of ether oxygens (including phenoxy) is 2. The monoisotopic (exact) mass is 212 g/mol. The Bertz CT molecular complexity index is 264. The molecule has 1 saturated carbocycles. The maximum atomic E-state index is 11.3. The average Bonchev–Trinajstić information content (AvgIpc) is 2.61. The minimum atomic E-state index is -0.608. The average molecular weight is 212 g/mol. The van der Waals surface area contributed by atoms with Crippen LogP contribution in [0.15, 0.2) is 12.7 Å². The van der Waals surface area contributed by atoms with Gasteiger partial charge in [-0.25, -0.2) is 9.59 Å². The Morgan fingerprint density at radius 2 is 2.00 bits per heavy atom. The highest BCUT2D eigenvalue weighted by Crippen LogP contribution is 2.32. The van der Waals surface area contributed by atoms with Gasteiger partial charge in [0.05, 0.1) is 0 Å². The molecule has 0 bridgehead atoms. The molecule has 15 heavy (non-hydrogen) atoms. The molecule has 4 nitrogen and oxygen atoms in total. The third kappa shape index (κ3) is 3.73. The highest BCUT2D eigenvalue weighted by molar-refractivity contribution is 5.83. The van der Waals surface area contributed by atoms with Gasteiger partial charge in [-0.3, -0.25) is 0 Å². The van der Waals surface area contributed by atoms with Crippen molar-refractivity contribution in [1.82, 2.24) is 0 Å². The zero-order valence-corrected chi connectivity index (χ0v) is 8.95. The maximum absolute atomic E-state index is 11.3. The predicted octanol–water partition coefficient (Wildman–Crippen LogP) is 1.59. The van der Waals surface area contributed by atoms with Crippen LogP contribution in [0.2, 0.25) is 0 Å². The molecule has 1 aliphatic rings. The van der Waals surface area contributed by atoms with Crippen molar-refractivity contribution in [3.05, 3.63) is 12.7 Å². The summed E-state index contributed by atoms with van der Waals surface area (Å²) in [4.78, 5) is 22.0. The summed E-state index contributed by atoms with van der Waals surface area (Å²) in [5.41, 5.74) is -0.363. The van der Waals surface area contributed by atoms with E-state index in [2.05, 4.69) is 11.3 Å². The van der Waals surface area contributed by atoms with Crippen molar-refractivity contribution in [3.63, 3.8) is 0 Å². The molecule has 4 heteroatoms. The van der Waals surface area contributed by atoms with Gasteiger partial charge in [0.25, 0.3) is 0 Å². The molecular weight excluding hydrogens is 196 g/mol. The fourth-order valence-corrected chi connectivity index (χ4v) is 1.72. The lowest BCUT2D eigenvalue weighted by Crippen LogP contribution is -2.30. The first-order valence-electron chi connectivity index (χ1n) is 5.07. The van der Waals surface area contributed by atoms with Crippen molar-refractivity contribution in [3.8, 4) is 0 Å². The summed E-state index contributed by atoms with van der Waals surface area (Å²) < 4.78 is 9.82. The largest absolute Gasteiger partial charge is 0.457 e. The van der Waals surface area contributed by atoms with Crippen molar-refractivity contribution in [2.45, 2.75) is 38.2 Å². The van der Waals surface area contributed by atoms with E-state index in [1.165, 1.54) is 0 Å². The Hall–Kier alpha value is -1.32. The Morgan fingerprint density at radius 3 is 2.53 bits per heavy atom. The van der Waals surface area contributed by atoms with Crippen LogP contribution in [0, 0.1) is 0 Å². The molecule has 1 rings (SSSR count). The summed E-state index contributed by atoms with van der Waals surface area (Å²) in [6.45, 7) is 4.81. The number of carbonyl (C=O) groups excluding carboxylic acids is 2. The Balaban J connectivity index is 2.29. The topological polar surface area (TPSA) is 52.6 Å². The van der Waals surface area contributed by atoms with Crippen LogP contribution in [0.3, 0.4) is 0 Å². The van der Waals surface area contributed by atoms with Gasteiger partial charge in [0.1, 0.15) is 5.60 Å². The molecule has 0 aliphatic heterocycles. The molecule has 0 heterocycles. The molecule has 0 atom stereocenters. The quantitative estimate of drug-likeness (QED) is 0.524. The normalized spacial score (nSPS) is 18.2. The molecule has 84 valence electrons. The van der Waals surface area contributed by atoms with E-state index in [0.29, 0.717) is 0 Å². The standard InChI is InChI=1S/C11H16O4/c1-3-9(12)14-8-10(13)15-11(2)6-4-5-7-11/h3H,1,4-8H2,2H3. The summed E-state index contributed by atoms with van der Waals surface area (Å²) in [5, 5.41) is 0. The summed E-state index contributed by atoms with van der Waals surface area (Å²) in [7, 11) is 0.